The van der Waals surface area contributed by atoms with Crippen molar-refractivity contribution in [1.82, 2.24) is 4.57 Å². The Hall–Kier alpha value is -1.83. The summed E-state index contributed by atoms with van der Waals surface area (Å²) in [5.41, 5.74) is 5.32. The fraction of sp³-hybridized carbons (Fsp3) is 0.154. The zero-order chi connectivity index (χ0) is 12.1. The summed E-state index contributed by atoms with van der Waals surface area (Å²) < 4.78 is 1.67. The molecule has 86 valence electrons. The molecule has 0 aliphatic rings. The molecule has 2 aromatic rings. The van der Waals surface area contributed by atoms with Gasteiger partial charge < -0.3 is 10.3 Å². The summed E-state index contributed by atoms with van der Waals surface area (Å²) in [5.74, 6) is 5.79. The van der Waals surface area contributed by atoms with Crippen molar-refractivity contribution in [3.8, 4) is 11.8 Å². The number of rotatable bonds is 2. The highest BCUT2D eigenvalue weighted by molar-refractivity contribution is 7.12. The third kappa shape index (κ3) is 3.06. The smallest absolute Gasteiger partial charge is 0.250 e. The number of pyridine rings is 1. The normalized spacial score (nSPS) is 9.71. The van der Waals surface area contributed by atoms with E-state index in [2.05, 4.69) is 11.8 Å². The van der Waals surface area contributed by atoms with E-state index in [9.17, 15) is 4.79 Å². The Labute approximate surface area is 104 Å². The first-order valence-electron chi connectivity index (χ1n) is 5.23. The highest BCUT2D eigenvalue weighted by Crippen LogP contribution is 2.15. The second kappa shape index (κ2) is 5.48. The van der Waals surface area contributed by atoms with Crippen LogP contribution in [0.3, 0.4) is 0 Å². The highest BCUT2D eigenvalue weighted by atomic mass is 32.1. The van der Waals surface area contributed by atoms with Crippen LogP contribution in [0.2, 0.25) is 0 Å². The van der Waals surface area contributed by atoms with Crippen LogP contribution in [0.25, 0.3) is 0 Å². The molecule has 2 heterocycles. The molecule has 0 fully saturated rings. The van der Waals surface area contributed by atoms with Crippen LogP contribution >= 0.6 is 11.3 Å². The van der Waals surface area contributed by atoms with Crippen LogP contribution in [0.5, 0.6) is 0 Å². The summed E-state index contributed by atoms with van der Waals surface area (Å²) >= 11 is 1.59. The predicted octanol–water partition coefficient (Wildman–Crippen LogP) is 1.27. The second-order valence-electron chi connectivity index (χ2n) is 3.44. The number of thiophene rings is 1. The fourth-order valence-electron chi connectivity index (χ4n) is 1.43. The zero-order valence-electron chi connectivity index (χ0n) is 9.22. The van der Waals surface area contributed by atoms with Crippen molar-refractivity contribution < 1.29 is 0 Å². The lowest BCUT2D eigenvalue weighted by atomic mass is 10.4. The van der Waals surface area contributed by atoms with Crippen LogP contribution in [0.1, 0.15) is 9.75 Å². The Morgan fingerprint density at radius 3 is 2.94 bits per heavy atom. The lowest BCUT2D eigenvalue weighted by Gasteiger charge is -2.01. The molecule has 0 spiro atoms. The molecule has 0 aromatic carbocycles. The maximum Gasteiger partial charge on any atom is 0.250 e. The van der Waals surface area contributed by atoms with Gasteiger partial charge in [-0.3, -0.25) is 4.79 Å². The molecule has 4 heteroatoms. The van der Waals surface area contributed by atoms with E-state index < -0.39 is 0 Å². The molecule has 2 rings (SSSR count). The van der Waals surface area contributed by atoms with Gasteiger partial charge in [0.05, 0.1) is 18.0 Å². The Morgan fingerprint density at radius 2 is 2.18 bits per heavy atom. The average molecular weight is 244 g/mol. The van der Waals surface area contributed by atoms with Gasteiger partial charge in [0.2, 0.25) is 0 Å². The average Bonchev–Trinajstić information content (AvgIpc) is 2.77. The number of nitrogens with zero attached hydrogens (tertiary/aromatic N) is 1. The second-order valence-corrected chi connectivity index (χ2v) is 4.61. The third-order valence-electron chi connectivity index (χ3n) is 2.20. The van der Waals surface area contributed by atoms with Crippen molar-refractivity contribution in [2.75, 3.05) is 6.54 Å². The first kappa shape index (κ1) is 11.6. The largest absolute Gasteiger partial charge is 0.320 e. The Kier molecular flexibility index (Phi) is 3.76. The summed E-state index contributed by atoms with van der Waals surface area (Å²) in [4.78, 5) is 13.6. The molecular weight excluding hydrogens is 232 g/mol. The van der Waals surface area contributed by atoms with Crippen molar-refractivity contribution in [2.24, 2.45) is 5.73 Å². The van der Waals surface area contributed by atoms with E-state index in [4.69, 9.17) is 5.73 Å². The van der Waals surface area contributed by atoms with Gasteiger partial charge in [0.15, 0.2) is 0 Å². The third-order valence-corrected chi connectivity index (χ3v) is 3.19. The predicted molar refractivity (Wildman–Crippen MR) is 70.1 cm³/mol. The molecule has 0 radical (unpaired) electrons. The van der Waals surface area contributed by atoms with E-state index in [0.717, 1.165) is 9.75 Å². The zero-order valence-corrected chi connectivity index (χ0v) is 10.0. The fourth-order valence-corrected chi connectivity index (χ4v) is 2.31. The maximum absolute atomic E-state index is 11.5. The van der Waals surface area contributed by atoms with E-state index in [1.54, 1.807) is 34.2 Å². The van der Waals surface area contributed by atoms with Crippen molar-refractivity contribution in [1.29, 1.82) is 0 Å². The number of hydrogen-bond donors (Lipinski definition) is 1. The first-order chi connectivity index (χ1) is 8.29. The quantitative estimate of drug-likeness (QED) is 0.809. The first-order valence-corrected chi connectivity index (χ1v) is 6.04. The van der Waals surface area contributed by atoms with E-state index in [0.29, 0.717) is 13.1 Å². The van der Waals surface area contributed by atoms with E-state index in [-0.39, 0.29) is 5.56 Å². The number of nitrogens with two attached hydrogens (primary N) is 1. The highest BCUT2D eigenvalue weighted by Gasteiger charge is 2.00. The van der Waals surface area contributed by atoms with Gasteiger partial charge in [0, 0.05) is 17.1 Å². The van der Waals surface area contributed by atoms with Gasteiger partial charge in [-0.05, 0) is 18.2 Å². The minimum Gasteiger partial charge on any atom is -0.320 e. The molecule has 17 heavy (non-hydrogen) atoms. The molecule has 0 bridgehead atoms. The van der Waals surface area contributed by atoms with E-state index in [1.165, 1.54) is 0 Å². The van der Waals surface area contributed by atoms with Crippen LogP contribution in [0.15, 0.2) is 41.3 Å². The molecule has 0 amide bonds. The lowest BCUT2D eigenvalue weighted by molar-refractivity contribution is 0.770. The van der Waals surface area contributed by atoms with Gasteiger partial charge in [-0.1, -0.05) is 17.9 Å². The molecule has 0 unspecified atom stereocenters. The Morgan fingerprint density at radius 1 is 1.29 bits per heavy atom. The topological polar surface area (TPSA) is 48.0 Å². The van der Waals surface area contributed by atoms with Crippen molar-refractivity contribution in [3.63, 3.8) is 0 Å². The Balaban J connectivity index is 2.17. The summed E-state index contributed by atoms with van der Waals surface area (Å²) in [6.07, 6.45) is 1.79. The summed E-state index contributed by atoms with van der Waals surface area (Å²) in [6, 6.07) is 9.10. The van der Waals surface area contributed by atoms with Crippen molar-refractivity contribution in [3.05, 3.63) is 56.6 Å². The van der Waals surface area contributed by atoms with Crippen LogP contribution in [-0.2, 0) is 6.54 Å². The summed E-state index contributed by atoms with van der Waals surface area (Å²) in [5, 5.41) is 0. The minimum atomic E-state index is 0.00972. The van der Waals surface area contributed by atoms with Crippen LogP contribution in [0, 0.1) is 11.8 Å². The molecule has 0 saturated carbocycles. The van der Waals surface area contributed by atoms with Crippen LogP contribution in [0.4, 0.5) is 0 Å². The monoisotopic (exact) mass is 244 g/mol. The van der Waals surface area contributed by atoms with Gasteiger partial charge in [-0.2, -0.15) is 0 Å². The minimum absolute atomic E-state index is 0.00972. The Bertz CT molecular complexity index is 616. The number of aromatic nitrogens is 1. The molecular formula is C13H12N2OS. The van der Waals surface area contributed by atoms with Crippen molar-refractivity contribution >= 4 is 11.3 Å². The van der Waals surface area contributed by atoms with Crippen LogP contribution in [-0.4, -0.2) is 11.1 Å². The van der Waals surface area contributed by atoms with Gasteiger partial charge in [-0.15, -0.1) is 11.3 Å². The molecule has 0 aliphatic heterocycles. The summed E-state index contributed by atoms with van der Waals surface area (Å²) in [7, 11) is 0. The molecule has 2 aromatic heterocycles. The van der Waals surface area contributed by atoms with E-state index >= 15 is 0 Å². The molecule has 0 saturated heterocycles. The van der Waals surface area contributed by atoms with Gasteiger partial charge in [0.25, 0.3) is 5.56 Å². The standard InChI is InChI=1S/C13H12N2OS/c14-8-3-4-11-6-7-12(17-11)10-15-9-2-1-5-13(15)16/h1-2,5-7,9H,8,10,14H2. The number of hydrogen-bond acceptors (Lipinski definition) is 3. The summed E-state index contributed by atoms with van der Waals surface area (Å²) in [6.45, 7) is 0.958. The maximum atomic E-state index is 11.5. The molecule has 0 aliphatic carbocycles. The van der Waals surface area contributed by atoms with Gasteiger partial charge in [0.1, 0.15) is 0 Å². The van der Waals surface area contributed by atoms with E-state index in [1.807, 2.05) is 18.2 Å². The van der Waals surface area contributed by atoms with Gasteiger partial charge >= 0.3 is 0 Å². The molecule has 2 N–H and O–H groups in total. The SMILES string of the molecule is NCC#Cc1ccc(Cn2ccccc2=O)s1. The van der Waals surface area contributed by atoms with Gasteiger partial charge in [-0.25, -0.2) is 0 Å². The lowest BCUT2D eigenvalue weighted by Crippen LogP contribution is -2.17. The van der Waals surface area contributed by atoms with Crippen molar-refractivity contribution in [2.45, 2.75) is 6.54 Å². The van der Waals surface area contributed by atoms with Crippen LogP contribution < -0.4 is 11.3 Å². The molecule has 3 nitrogen and oxygen atoms in total. The molecule has 0 atom stereocenters.